The van der Waals surface area contributed by atoms with Crippen LogP contribution in [0.25, 0.3) is 6.08 Å². The lowest BCUT2D eigenvalue weighted by Gasteiger charge is -2.13. The van der Waals surface area contributed by atoms with E-state index in [4.69, 9.17) is 23.2 Å². The summed E-state index contributed by atoms with van der Waals surface area (Å²) in [7, 11) is 0. The maximum absolute atomic E-state index is 12.4. The molecular formula is C20H16Cl2N2O3S. The molecule has 0 bridgehead atoms. The minimum absolute atomic E-state index is 0.0891. The summed E-state index contributed by atoms with van der Waals surface area (Å²) in [5.74, 6) is -0.607. The predicted molar refractivity (Wildman–Crippen MR) is 112 cm³/mol. The molecule has 2 aromatic carbocycles. The molecule has 8 heteroatoms. The smallest absolute Gasteiger partial charge is 0.293 e. The number of hydrogen-bond donors (Lipinski definition) is 1. The Labute approximate surface area is 176 Å². The second kappa shape index (κ2) is 9.28. The van der Waals surface area contributed by atoms with Crippen LogP contribution < -0.4 is 5.32 Å². The van der Waals surface area contributed by atoms with Crippen LogP contribution in [0.1, 0.15) is 11.1 Å². The number of carbonyl (C=O) groups excluding carboxylic acids is 3. The van der Waals surface area contributed by atoms with Gasteiger partial charge in [0.25, 0.3) is 11.1 Å². The number of nitrogens with zero attached hydrogens (tertiary/aromatic N) is 1. The maximum atomic E-state index is 12.4. The highest BCUT2D eigenvalue weighted by molar-refractivity contribution is 8.18. The first-order valence-electron chi connectivity index (χ1n) is 8.45. The highest BCUT2D eigenvalue weighted by atomic mass is 35.5. The van der Waals surface area contributed by atoms with Crippen LogP contribution in [0.3, 0.4) is 0 Å². The second-order valence-electron chi connectivity index (χ2n) is 6.01. The van der Waals surface area contributed by atoms with Gasteiger partial charge in [-0.2, -0.15) is 0 Å². The summed E-state index contributed by atoms with van der Waals surface area (Å²) in [5, 5.41) is 3.27. The van der Waals surface area contributed by atoms with E-state index in [2.05, 4.69) is 5.32 Å². The van der Waals surface area contributed by atoms with E-state index in [0.29, 0.717) is 20.5 Å². The second-order valence-corrected chi connectivity index (χ2v) is 7.84. The number of amides is 3. The molecule has 2 aromatic rings. The summed E-state index contributed by atoms with van der Waals surface area (Å²) in [6.45, 7) is 0.275. The van der Waals surface area contributed by atoms with Gasteiger partial charge in [-0.15, -0.1) is 0 Å². The number of imide groups is 1. The van der Waals surface area contributed by atoms with E-state index in [1.807, 2.05) is 30.3 Å². The molecule has 0 atom stereocenters. The van der Waals surface area contributed by atoms with E-state index in [1.165, 1.54) is 0 Å². The minimum atomic E-state index is -0.353. The number of rotatable bonds is 6. The van der Waals surface area contributed by atoms with E-state index in [0.717, 1.165) is 22.2 Å². The highest BCUT2D eigenvalue weighted by Crippen LogP contribution is 2.31. The summed E-state index contributed by atoms with van der Waals surface area (Å²) >= 11 is 12.8. The van der Waals surface area contributed by atoms with Gasteiger partial charge in [0.1, 0.15) is 0 Å². The summed E-state index contributed by atoms with van der Waals surface area (Å²) in [6, 6.07) is 14.2. The molecule has 0 radical (unpaired) electrons. The van der Waals surface area contributed by atoms with Crippen LogP contribution in [0.2, 0.25) is 10.0 Å². The molecule has 5 nitrogen and oxygen atoms in total. The number of thioether (sulfide) groups is 1. The van der Waals surface area contributed by atoms with Gasteiger partial charge in [-0.05, 0) is 41.1 Å². The fourth-order valence-electron chi connectivity index (χ4n) is 2.60. The van der Waals surface area contributed by atoms with Crippen LogP contribution in [0, 0.1) is 0 Å². The van der Waals surface area contributed by atoms with Crippen LogP contribution in [0.4, 0.5) is 4.79 Å². The molecule has 0 aliphatic carbocycles. The molecule has 1 aliphatic heterocycles. The van der Waals surface area contributed by atoms with Crippen molar-refractivity contribution in [3.63, 3.8) is 0 Å². The molecule has 28 heavy (non-hydrogen) atoms. The lowest BCUT2D eigenvalue weighted by molar-refractivity contribution is -0.124. The standard InChI is InChI=1S/C20H16Cl2N2O3S/c21-15-7-6-14(16(22)12-15)11-18(25)23-8-9-24-19(26)17(28-20(24)27)10-13-4-2-1-3-5-13/h1-7,10,12H,8-9,11H2,(H,23,25)/b17-10-. The Balaban J connectivity index is 1.53. The summed E-state index contributed by atoms with van der Waals surface area (Å²) in [4.78, 5) is 38.1. The Kier molecular flexibility index (Phi) is 6.78. The molecule has 1 aliphatic rings. The Morgan fingerprint density at radius 1 is 1.11 bits per heavy atom. The third-order valence-electron chi connectivity index (χ3n) is 3.99. The van der Waals surface area contributed by atoms with Crippen LogP contribution >= 0.6 is 35.0 Å². The molecule has 3 rings (SSSR count). The zero-order valence-electron chi connectivity index (χ0n) is 14.7. The average molecular weight is 435 g/mol. The van der Waals surface area contributed by atoms with E-state index < -0.39 is 0 Å². The van der Waals surface area contributed by atoms with Crippen molar-refractivity contribution in [2.24, 2.45) is 0 Å². The van der Waals surface area contributed by atoms with Gasteiger partial charge >= 0.3 is 0 Å². The molecule has 1 N–H and O–H groups in total. The fourth-order valence-corrected chi connectivity index (χ4v) is 3.94. The predicted octanol–water partition coefficient (Wildman–Crippen LogP) is 4.39. The monoisotopic (exact) mass is 434 g/mol. The van der Waals surface area contributed by atoms with Crippen molar-refractivity contribution in [1.29, 1.82) is 0 Å². The van der Waals surface area contributed by atoms with Crippen LogP contribution in [-0.4, -0.2) is 35.0 Å². The number of halogens is 2. The zero-order chi connectivity index (χ0) is 20.1. The average Bonchev–Trinajstić information content (AvgIpc) is 2.92. The van der Waals surface area contributed by atoms with Crippen molar-refractivity contribution in [2.45, 2.75) is 6.42 Å². The molecule has 0 aromatic heterocycles. The zero-order valence-corrected chi connectivity index (χ0v) is 17.0. The van der Waals surface area contributed by atoms with Crippen molar-refractivity contribution in [2.75, 3.05) is 13.1 Å². The largest absolute Gasteiger partial charge is 0.354 e. The van der Waals surface area contributed by atoms with Crippen molar-refractivity contribution in [3.05, 3.63) is 74.6 Å². The first-order valence-corrected chi connectivity index (χ1v) is 10.0. The quantitative estimate of drug-likeness (QED) is 0.684. The van der Waals surface area contributed by atoms with Crippen molar-refractivity contribution >= 4 is 58.1 Å². The van der Waals surface area contributed by atoms with Gasteiger partial charge in [-0.25, -0.2) is 0 Å². The van der Waals surface area contributed by atoms with Crippen molar-refractivity contribution in [3.8, 4) is 0 Å². The number of nitrogens with one attached hydrogen (secondary N) is 1. The van der Waals surface area contributed by atoms with Gasteiger partial charge in [-0.3, -0.25) is 19.3 Å². The minimum Gasteiger partial charge on any atom is -0.354 e. The van der Waals surface area contributed by atoms with Gasteiger partial charge in [0.15, 0.2) is 0 Å². The number of benzene rings is 2. The van der Waals surface area contributed by atoms with Crippen LogP contribution in [0.5, 0.6) is 0 Å². The molecule has 144 valence electrons. The molecular weight excluding hydrogens is 419 g/mol. The molecule has 0 spiro atoms. The first kappa shape index (κ1) is 20.5. The summed E-state index contributed by atoms with van der Waals surface area (Å²) < 4.78 is 0. The van der Waals surface area contributed by atoms with Crippen LogP contribution in [0.15, 0.2) is 53.4 Å². The van der Waals surface area contributed by atoms with Crippen LogP contribution in [-0.2, 0) is 16.0 Å². The highest BCUT2D eigenvalue weighted by Gasteiger charge is 2.34. The maximum Gasteiger partial charge on any atom is 0.293 e. The van der Waals surface area contributed by atoms with E-state index in [9.17, 15) is 14.4 Å². The third kappa shape index (κ3) is 5.16. The third-order valence-corrected chi connectivity index (χ3v) is 5.49. The van der Waals surface area contributed by atoms with Gasteiger partial charge < -0.3 is 5.32 Å². The molecule has 3 amide bonds. The Bertz CT molecular complexity index is 948. The van der Waals surface area contributed by atoms with Crippen molar-refractivity contribution < 1.29 is 14.4 Å². The molecule has 0 saturated carbocycles. The molecule has 1 saturated heterocycles. The topological polar surface area (TPSA) is 66.5 Å². The van der Waals surface area contributed by atoms with Gasteiger partial charge in [-0.1, -0.05) is 59.6 Å². The van der Waals surface area contributed by atoms with Crippen molar-refractivity contribution in [1.82, 2.24) is 10.2 Å². The lowest BCUT2D eigenvalue weighted by atomic mass is 10.1. The molecule has 1 fully saturated rings. The molecule has 0 unspecified atom stereocenters. The summed E-state index contributed by atoms with van der Waals surface area (Å²) in [6.07, 6.45) is 1.78. The van der Waals surface area contributed by atoms with E-state index in [1.54, 1.807) is 24.3 Å². The normalized spacial score (nSPS) is 15.4. The Morgan fingerprint density at radius 2 is 1.86 bits per heavy atom. The fraction of sp³-hybridized carbons (Fsp3) is 0.150. The van der Waals surface area contributed by atoms with Gasteiger partial charge in [0, 0.05) is 23.1 Å². The SMILES string of the molecule is O=C(Cc1ccc(Cl)cc1Cl)NCCN1C(=O)S/C(=C\c2ccccc2)C1=O. The van der Waals surface area contributed by atoms with E-state index in [-0.39, 0.29) is 36.6 Å². The molecule has 1 heterocycles. The summed E-state index contributed by atoms with van der Waals surface area (Å²) in [5.41, 5.74) is 1.50. The Hall–Kier alpha value is -2.28. The lowest BCUT2D eigenvalue weighted by Crippen LogP contribution is -2.37. The number of carbonyl (C=O) groups is 3. The number of hydrogen-bond acceptors (Lipinski definition) is 4. The van der Waals surface area contributed by atoms with E-state index >= 15 is 0 Å². The van der Waals surface area contributed by atoms with Gasteiger partial charge in [0.2, 0.25) is 5.91 Å². The van der Waals surface area contributed by atoms with Gasteiger partial charge in [0.05, 0.1) is 11.3 Å². The Morgan fingerprint density at radius 3 is 2.57 bits per heavy atom. The first-order chi connectivity index (χ1) is 13.4.